The minimum Gasteiger partial charge on any atom is -0.489 e. The molecule has 55 heavy (non-hydrogen) atoms. The number of esters is 1. The molecule has 1 spiro atoms. The van der Waals surface area contributed by atoms with E-state index in [-0.39, 0.29) is 61.9 Å². The topological polar surface area (TPSA) is 132 Å². The SMILES string of the molecule is Cc1cc(C(=O)OC(C)(C)C)ccc1CCS(=O)(=O)N1CCC2(CC1)N=C(c1cc(OCc3ccccc3)cc(C(F)(F)F)c1)N(C(=O)OC(C)(C)C)C2=O. The number of amidine groups is 1. The van der Waals surface area contributed by atoms with Gasteiger partial charge in [-0.05, 0) is 115 Å². The summed E-state index contributed by atoms with van der Waals surface area (Å²) in [5.74, 6) is -2.08. The van der Waals surface area contributed by atoms with Gasteiger partial charge in [-0.1, -0.05) is 36.4 Å². The van der Waals surface area contributed by atoms with E-state index in [0.29, 0.717) is 16.0 Å². The van der Waals surface area contributed by atoms with Gasteiger partial charge in [0.25, 0.3) is 5.91 Å². The van der Waals surface area contributed by atoms with Crippen molar-refractivity contribution in [1.82, 2.24) is 9.21 Å². The van der Waals surface area contributed by atoms with Crippen LogP contribution in [0.2, 0.25) is 0 Å². The van der Waals surface area contributed by atoms with Crippen LogP contribution in [-0.2, 0) is 43.5 Å². The van der Waals surface area contributed by atoms with Crippen molar-refractivity contribution in [2.45, 2.75) is 97.3 Å². The Morgan fingerprint density at radius 3 is 2.09 bits per heavy atom. The van der Waals surface area contributed by atoms with Gasteiger partial charge in [0.1, 0.15) is 34.9 Å². The summed E-state index contributed by atoms with van der Waals surface area (Å²) in [6.45, 7) is 11.5. The maximum absolute atomic E-state index is 14.2. The van der Waals surface area contributed by atoms with Crippen molar-refractivity contribution in [3.8, 4) is 5.75 Å². The van der Waals surface area contributed by atoms with Gasteiger partial charge in [-0.25, -0.2) is 22.3 Å². The molecule has 0 saturated carbocycles. The molecule has 1 saturated heterocycles. The zero-order valence-corrected chi connectivity index (χ0v) is 32.8. The van der Waals surface area contributed by atoms with Crippen LogP contribution in [0.4, 0.5) is 18.0 Å². The van der Waals surface area contributed by atoms with Crippen LogP contribution in [0.25, 0.3) is 0 Å². The highest BCUT2D eigenvalue weighted by molar-refractivity contribution is 7.89. The van der Waals surface area contributed by atoms with Crippen LogP contribution in [0.1, 0.15) is 92.6 Å². The number of aryl methyl sites for hydroxylation is 2. The fourth-order valence-electron chi connectivity index (χ4n) is 6.26. The number of carbonyl (C=O) groups excluding carboxylic acids is 3. The van der Waals surface area contributed by atoms with E-state index < -0.39 is 56.5 Å². The molecule has 15 heteroatoms. The number of carbonyl (C=O) groups is 3. The molecule has 0 atom stereocenters. The van der Waals surface area contributed by atoms with E-state index in [4.69, 9.17) is 14.2 Å². The Balaban J connectivity index is 1.39. The lowest BCUT2D eigenvalue weighted by atomic mass is 9.88. The van der Waals surface area contributed by atoms with Crippen molar-refractivity contribution in [3.05, 3.63) is 100 Å². The summed E-state index contributed by atoms with van der Waals surface area (Å²) in [4.78, 5) is 45.5. The van der Waals surface area contributed by atoms with Crippen LogP contribution in [-0.4, -0.2) is 77.0 Å². The largest absolute Gasteiger partial charge is 0.489 e. The number of rotatable bonds is 9. The molecule has 0 unspecified atom stereocenters. The van der Waals surface area contributed by atoms with Crippen molar-refractivity contribution in [3.63, 3.8) is 0 Å². The maximum atomic E-state index is 14.2. The summed E-state index contributed by atoms with van der Waals surface area (Å²) >= 11 is 0. The Bertz CT molecular complexity index is 2080. The quantitative estimate of drug-likeness (QED) is 0.204. The Kier molecular flexibility index (Phi) is 11.6. The minimum atomic E-state index is -4.81. The van der Waals surface area contributed by atoms with Crippen molar-refractivity contribution < 1.29 is 50.2 Å². The van der Waals surface area contributed by atoms with E-state index in [9.17, 15) is 36.0 Å². The second-order valence-corrected chi connectivity index (χ2v) is 17.8. The first kappa shape index (κ1) is 41.4. The highest BCUT2D eigenvalue weighted by Crippen LogP contribution is 2.39. The van der Waals surface area contributed by atoms with Gasteiger partial charge in [0.15, 0.2) is 0 Å². The first-order valence-corrected chi connectivity index (χ1v) is 19.4. The lowest BCUT2D eigenvalue weighted by Crippen LogP contribution is -2.53. The third kappa shape index (κ3) is 10.1. The lowest BCUT2D eigenvalue weighted by molar-refractivity contribution is -0.137. The summed E-state index contributed by atoms with van der Waals surface area (Å²) in [6.07, 6.45) is -6.04. The number of benzene rings is 3. The van der Waals surface area contributed by atoms with E-state index in [1.807, 2.05) is 0 Å². The summed E-state index contributed by atoms with van der Waals surface area (Å²) in [7, 11) is -3.85. The summed E-state index contributed by atoms with van der Waals surface area (Å²) in [5.41, 5.74) is -2.14. The third-order valence-corrected chi connectivity index (χ3v) is 10.9. The maximum Gasteiger partial charge on any atom is 0.423 e. The average molecular weight is 786 g/mol. The molecule has 0 bridgehead atoms. The van der Waals surface area contributed by atoms with E-state index in [0.717, 1.165) is 23.3 Å². The molecule has 5 rings (SSSR count). The molecule has 0 aliphatic carbocycles. The molecule has 0 N–H and O–H groups in total. The second-order valence-electron chi connectivity index (χ2n) is 15.7. The van der Waals surface area contributed by atoms with Crippen LogP contribution >= 0.6 is 0 Å². The molecular weight excluding hydrogens is 740 g/mol. The van der Waals surface area contributed by atoms with Crippen molar-refractivity contribution in [1.29, 1.82) is 0 Å². The number of aliphatic imine (C=N–C) groups is 1. The normalized spacial score (nSPS) is 16.6. The van der Waals surface area contributed by atoms with Gasteiger partial charge in [-0.2, -0.15) is 18.1 Å². The summed E-state index contributed by atoms with van der Waals surface area (Å²) in [5, 5.41) is 0. The zero-order chi connectivity index (χ0) is 40.6. The third-order valence-electron chi connectivity index (χ3n) is 9.00. The van der Waals surface area contributed by atoms with E-state index >= 15 is 0 Å². The van der Waals surface area contributed by atoms with Gasteiger partial charge in [-0.15, -0.1) is 0 Å². The predicted molar refractivity (Wildman–Crippen MR) is 199 cm³/mol. The lowest BCUT2D eigenvalue weighted by Gasteiger charge is -2.35. The number of nitrogens with zero attached hydrogens (tertiary/aromatic N) is 3. The van der Waals surface area contributed by atoms with Crippen LogP contribution in [0.3, 0.4) is 0 Å². The molecule has 11 nitrogen and oxygen atoms in total. The molecule has 296 valence electrons. The van der Waals surface area contributed by atoms with Crippen molar-refractivity contribution >= 4 is 33.8 Å². The highest BCUT2D eigenvalue weighted by atomic mass is 32.2. The van der Waals surface area contributed by atoms with E-state index in [2.05, 4.69) is 4.99 Å². The summed E-state index contributed by atoms with van der Waals surface area (Å²) < 4.78 is 87.7. The molecule has 0 aromatic heterocycles. The van der Waals surface area contributed by atoms with Gasteiger partial charge < -0.3 is 14.2 Å². The van der Waals surface area contributed by atoms with Gasteiger partial charge in [-0.3, -0.25) is 9.79 Å². The fourth-order valence-corrected chi connectivity index (χ4v) is 7.73. The molecule has 0 radical (unpaired) electrons. The number of hydrogen-bond donors (Lipinski definition) is 0. The zero-order valence-electron chi connectivity index (χ0n) is 32.0. The van der Waals surface area contributed by atoms with Crippen LogP contribution in [0.15, 0.2) is 71.7 Å². The number of imide groups is 1. The van der Waals surface area contributed by atoms with E-state index in [1.165, 1.54) is 10.4 Å². The number of sulfonamides is 1. The van der Waals surface area contributed by atoms with Crippen LogP contribution < -0.4 is 4.74 Å². The van der Waals surface area contributed by atoms with Gasteiger partial charge in [0.05, 0.1) is 16.9 Å². The number of hydrogen-bond acceptors (Lipinski definition) is 9. The minimum absolute atomic E-state index is 0.0476. The predicted octanol–water partition coefficient (Wildman–Crippen LogP) is 7.48. The summed E-state index contributed by atoms with van der Waals surface area (Å²) in [6, 6.07) is 16.7. The van der Waals surface area contributed by atoms with Gasteiger partial charge in [0.2, 0.25) is 10.0 Å². The number of ether oxygens (including phenoxy) is 3. The molecular formula is C40H46F3N3O8S. The Hall–Kier alpha value is -4.76. The standard InChI is InChI=1S/C40H46F3N3O8S/c1-26-21-29(34(47)53-37(2,3)4)14-13-28(26)15-20-55(50,51)45-18-16-39(17-19-45)35(48)46(36(49)54-38(5,6)7)33(44-39)30-22-31(40(41,42)43)24-32(23-30)52-25-27-11-9-8-10-12-27/h8-14,21-24H,15-20,25H2,1-7H3. The molecule has 3 aromatic rings. The highest BCUT2D eigenvalue weighted by Gasteiger charge is 2.54. The second kappa shape index (κ2) is 15.4. The number of halogens is 3. The molecule has 1 fully saturated rings. The van der Waals surface area contributed by atoms with E-state index in [1.54, 1.807) is 97.0 Å². The Labute approximate surface area is 319 Å². The van der Waals surface area contributed by atoms with Gasteiger partial charge >= 0.3 is 18.2 Å². The average Bonchev–Trinajstić information content (AvgIpc) is 3.36. The number of piperidine rings is 1. The van der Waals surface area contributed by atoms with Gasteiger partial charge in [0, 0.05) is 18.7 Å². The Morgan fingerprint density at radius 2 is 1.51 bits per heavy atom. The monoisotopic (exact) mass is 785 g/mol. The molecule has 3 aromatic carbocycles. The number of alkyl halides is 3. The number of amides is 2. The molecule has 2 amide bonds. The van der Waals surface area contributed by atoms with Crippen molar-refractivity contribution in [2.75, 3.05) is 18.8 Å². The fraction of sp³-hybridized carbons (Fsp3) is 0.450. The molecule has 2 aliphatic heterocycles. The van der Waals surface area contributed by atoms with Crippen LogP contribution in [0.5, 0.6) is 5.75 Å². The Morgan fingerprint density at radius 1 is 0.873 bits per heavy atom. The molecule has 2 aliphatic rings. The first-order valence-electron chi connectivity index (χ1n) is 17.8. The smallest absolute Gasteiger partial charge is 0.423 e. The molecule has 2 heterocycles. The first-order chi connectivity index (χ1) is 25.5. The van der Waals surface area contributed by atoms with Crippen LogP contribution in [0, 0.1) is 6.92 Å². The van der Waals surface area contributed by atoms with Crippen molar-refractivity contribution in [2.24, 2.45) is 4.99 Å².